The van der Waals surface area contributed by atoms with E-state index >= 15 is 0 Å². The van der Waals surface area contributed by atoms with Crippen molar-refractivity contribution in [2.45, 2.75) is 6.92 Å². The van der Waals surface area contributed by atoms with Crippen LogP contribution in [0.15, 0.2) is 60.7 Å². The molecule has 4 rings (SSSR count). The lowest BCUT2D eigenvalue weighted by Crippen LogP contribution is -2.13. The molecule has 0 unspecified atom stereocenters. The first-order valence-electron chi connectivity index (χ1n) is 8.63. The van der Waals surface area contributed by atoms with Crippen LogP contribution in [0.3, 0.4) is 0 Å². The summed E-state index contributed by atoms with van der Waals surface area (Å²) in [4.78, 5) is 14.1. The van der Waals surface area contributed by atoms with E-state index in [4.69, 9.17) is 4.74 Å². The van der Waals surface area contributed by atoms with Gasteiger partial charge in [-0.15, -0.1) is 10.2 Å². The van der Waals surface area contributed by atoms with Crippen molar-refractivity contribution in [2.24, 2.45) is 0 Å². The average molecular weight is 376 g/mol. The van der Waals surface area contributed by atoms with Gasteiger partial charge >= 0.3 is 0 Å². The number of aryl methyl sites for hydroxylation is 1. The molecular formula is C21H17FN4O2. The molecule has 0 spiro atoms. The highest BCUT2D eigenvalue weighted by Gasteiger charge is 2.15. The van der Waals surface area contributed by atoms with Crippen molar-refractivity contribution in [3.63, 3.8) is 0 Å². The maximum absolute atomic E-state index is 13.1. The van der Waals surface area contributed by atoms with Gasteiger partial charge in [0.15, 0.2) is 0 Å². The van der Waals surface area contributed by atoms with Crippen LogP contribution in [0.2, 0.25) is 0 Å². The number of nitrogens with one attached hydrogen (secondary N) is 1. The van der Waals surface area contributed by atoms with E-state index in [0.717, 1.165) is 5.56 Å². The molecule has 6 nitrogen and oxygen atoms in total. The lowest BCUT2D eigenvalue weighted by atomic mass is 10.1. The molecule has 3 aromatic carbocycles. The Morgan fingerprint density at radius 2 is 1.79 bits per heavy atom. The average Bonchev–Trinajstić information content (AvgIpc) is 3.11. The summed E-state index contributed by atoms with van der Waals surface area (Å²) in [6, 6.07) is 16.6. The minimum Gasteiger partial charge on any atom is -0.496 e. The molecule has 28 heavy (non-hydrogen) atoms. The maximum atomic E-state index is 13.1. The van der Waals surface area contributed by atoms with Crippen LogP contribution in [-0.2, 0) is 0 Å². The number of para-hydroxylation sites is 1. The smallest absolute Gasteiger partial charge is 0.259 e. The number of benzene rings is 3. The molecular weight excluding hydrogens is 359 g/mol. The fourth-order valence-electron chi connectivity index (χ4n) is 2.98. The number of aromatic nitrogens is 3. The minimum atomic E-state index is -0.322. The first-order chi connectivity index (χ1) is 13.5. The molecule has 0 radical (unpaired) electrons. The van der Waals surface area contributed by atoms with Gasteiger partial charge in [-0.1, -0.05) is 12.1 Å². The number of rotatable bonds is 4. The summed E-state index contributed by atoms with van der Waals surface area (Å²) in [6.45, 7) is 1.88. The zero-order valence-corrected chi connectivity index (χ0v) is 15.3. The molecule has 0 saturated carbocycles. The van der Waals surface area contributed by atoms with Gasteiger partial charge in [0.1, 0.15) is 22.6 Å². The van der Waals surface area contributed by atoms with E-state index in [0.29, 0.717) is 33.7 Å². The third-order valence-corrected chi connectivity index (χ3v) is 4.36. The largest absolute Gasteiger partial charge is 0.496 e. The number of anilines is 1. The molecule has 4 aromatic rings. The molecule has 140 valence electrons. The SMILES string of the molecule is COc1c(C)cccc1C(=O)Nc1ccc2nn(-c3ccc(F)cc3)nc2c1. The van der Waals surface area contributed by atoms with Gasteiger partial charge in [0.05, 0.1) is 18.4 Å². The topological polar surface area (TPSA) is 69.0 Å². The zero-order chi connectivity index (χ0) is 19.7. The molecule has 0 aliphatic carbocycles. The van der Waals surface area contributed by atoms with Gasteiger partial charge in [-0.2, -0.15) is 4.80 Å². The molecule has 0 aliphatic heterocycles. The Hall–Kier alpha value is -3.74. The summed E-state index contributed by atoms with van der Waals surface area (Å²) in [5.74, 6) is -0.0498. The van der Waals surface area contributed by atoms with Crippen molar-refractivity contribution in [1.82, 2.24) is 15.0 Å². The molecule has 1 amide bonds. The van der Waals surface area contributed by atoms with Crippen LogP contribution in [0.25, 0.3) is 16.7 Å². The number of fused-ring (bicyclic) bond motifs is 1. The summed E-state index contributed by atoms with van der Waals surface area (Å²) in [5, 5.41) is 11.7. The first-order valence-corrected chi connectivity index (χ1v) is 8.63. The van der Waals surface area contributed by atoms with Crippen molar-refractivity contribution in [3.05, 3.63) is 77.6 Å². The number of methoxy groups -OCH3 is 1. The number of carbonyl (C=O) groups excluding carboxylic acids is 1. The minimum absolute atomic E-state index is 0.272. The van der Waals surface area contributed by atoms with Gasteiger partial charge in [-0.05, 0) is 61.0 Å². The van der Waals surface area contributed by atoms with Gasteiger partial charge in [-0.3, -0.25) is 4.79 Å². The van der Waals surface area contributed by atoms with E-state index < -0.39 is 0 Å². The summed E-state index contributed by atoms with van der Waals surface area (Å²) in [7, 11) is 1.54. The van der Waals surface area contributed by atoms with Gasteiger partial charge in [0.2, 0.25) is 0 Å². The number of ether oxygens (including phenoxy) is 1. The molecule has 0 bridgehead atoms. The molecule has 0 fully saturated rings. The van der Waals surface area contributed by atoms with Gasteiger partial charge in [0.25, 0.3) is 5.91 Å². The van der Waals surface area contributed by atoms with Gasteiger partial charge in [0, 0.05) is 5.69 Å². The van der Waals surface area contributed by atoms with Crippen molar-refractivity contribution >= 4 is 22.6 Å². The number of carbonyl (C=O) groups is 1. The highest BCUT2D eigenvalue weighted by Crippen LogP contribution is 2.25. The number of halogens is 1. The van der Waals surface area contributed by atoms with E-state index in [1.807, 2.05) is 19.1 Å². The van der Waals surface area contributed by atoms with E-state index in [1.165, 1.54) is 16.9 Å². The van der Waals surface area contributed by atoms with Crippen LogP contribution in [-0.4, -0.2) is 28.0 Å². The maximum Gasteiger partial charge on any atom is 0.259 e. The molecule has 0 saturated heterocycles. The normalized spacial score (nSPS) is 10.8. The zero-order valence-electron chi connectivity index (χ0n) is 15.3. The first kappa shape index (κ1) is 17.7. The molecule has 0 aliphatic rings. The van der Waals surface area contributed by atoms with Gasteiger partial charge in [-0.25, -0.2) is 4.39 Å². The van der Waals surface area contributed by atoms with Gasteiger partial charge < -0.3 is 10.1 Å². The van der Waals surface area contributed by atoms with E-state index in [2.05, 4.69) is 15.5 Å². The van der Waals surface area contributed by atoms with Crippen LogP contribution >= 0.6 is 0 Å². The second kappa shape index (κ2) is 7.11. The molecule has 1 N–H and O–H groups in total. The van der Waals surface area contributed by atoms with Crippen molar-refractivity contribution in [2.75, 3.05) is 12.4 Å². The Balaban J connectivity index is 1.62. The molecule has 0 atom stereocenters. The number of hydrogen-bond donors (Lipinski definition) is 1. The Labute approximate surface area is 160 Å². The van der Waals surface area contributed by atoms with Crippen LogP contribution in [0, 0.1) is 12.7 Å². The van der Waals surface area contributed by atoms with Crippen LogP contribution in [0.5, 0.6) is 5.75 Å². The second-order valence-electron chi connectivity index (χ2n) is 6.28. The van der Waals surface area contributed by atoms with Crippen molar-refractivity contribution < 1.29 is 13.9 Å². The van der Waals surface area contributed by atoms with E-state index in [-0.39, 0.29) is 11.7 Å². The quantitative estimate of drug-likeness (QED) is 0.581. The Bertz CT molecular complexity index is 1170. The fourth-order valence-corrected chi connectivity index (χ4v) is 2.98. The Kier molecular flexibility index (Phi) is 4.49. The lowest BCUT2D eigenvalue weighted by Gasteiger charge is -2.11. The van der Waals surface area contributed by atoms with Crippen LogP contribution in [0.1, 0.15) is 15.9 Å². The predicted molar refractivity (Wildman–Crippen MR) is 105 cm³/mol. The summed E-state index contributed by atoms with van der Waals surface area (Å²) in [5.41, 5.74) is 3.85. The van der Waals surface area contributed by atoms with Crippen LogP contribution in [0.4, 0.5) is 10.1 Å². The number of hydrogen-bond acceptors (Lipinski definition) is 4. The van der Waals surface area contributed by atoms with E-state index in [9.17, 15) is 9.18 Å². The second-order valence-corrected chi connectivity index (χ2v) is 6.28. The van der Waals surface area contributed by atoms with E-state index in [1.54, 1.807) is 43.5 Å². The number of amides is 1. The van der Waals surface area contributed by atoms with Crippen molar-refractivity contribution in [1.29, 1.82) is 0 Å². The Morgan fingerprint density at radius 3 is 2.54 bits per heavy atom. The molecule has 7 heteroatoms. The standard InChI is InChI=1S/C21H17FN4O2/c1-13-4-3-5-17(20(13)28-2)21(27)23-15-8-11-18-19(12-15)25-26(24-18)16-9-6-14(22)7-10-16/h3-12H,1-2H3,(H,23,27). The molecule has 1 aromatic heterocycles. The molecule has 1 heterocycles. The summed E-state index contributed by atoms with van der Waals surface area (Å²) < 4.78 is 18.5. The van der Waals surface area contributed by atoms with Crippen molar-refractivity contribution in [3.8, 4) is 11.4 Å². The highest BCUT2D eigenvalue weighted by atomic mass is 19.1. The van der Waals surface area contributed by atoms with Crippen LogP contribution < -0.4 is 10.1 Å². The summed E-state index contributed by atoms with van der Waals surface area (Å²) in [6.07, 6.45) is 0. The third kappa shape index (κ3) is 3.29. The highest BCUT2D eigenvalue weighted by molar-refractivity contribution is 6.07. The lowest BCUT2D eigenvalue weighted by molar-refractivity contribution is 0.102. The fraction of sp³-hybridized carbons (Fsp3) is 0.0952. The predicted octanol–water partition coefficient (Wildman–Crippen LogP) is 4.13. The monoisotopic (exact) mass is 376 g/mol. The Morgan fingerprint density at radius 1 is 1.04 bits per heavy atom. The number of nitrogens with zero attached hydrogens (tertiary/aromatic N) is 3. The summed E-state index contributed by atoms with van der Waals surface area (Å²) >= 11 is 0. The third-order valence-electron chi connectivity index (χ3n) is 4.36.